The van der Waals surface area contributed by atoms with E-state index in [0.29, 0.717) is 5.52 Å². The summed E-state index contributed by atoms with van der Waals surface area (Å²) in [6.07, 6.45) is 0. The monoisotopic (exact) mass is 250 g/mol. The molecule has 0 amide bonds. The largest absolute Gasteiger partial charge is 0.456 e. The van der Waals surface area contributed by atoms with Gasteiger partial charge in [0, 0.05) is 0 Å². The number of ether oxygens (including phenoxy) is 1. The lowest BCUT2D eigenvalue weighted by molar-refractivity contribution is 0.00729. The maximum atomic E-state index is 13.8. The average molecular weight is 250 g/mol. The molecular weight excluding hydrogens is 235 g/mol. The van der Waals surface area contributed by atoms with Crippen LogP contribution in [0.4, 0.5) is 10.2 Å². The molecule has 0 atom stereocenters. The van der Waals surface area contributed by atoms with Crippen LogP contribution in [-0.4, -0.2) is 16.6 Å². The van der Waals surface area contributed by atoms with Crippen LogP contribution in [0.15, 0.2) is 18.2 Å². The van der Waals surface area contributed by atoms with Crippen molar-refractivity contribution < 1.29 is 13.9 Å². The summed E-state index contributed by atoms with van der Waals surface area (Å²) in [6.45, 7) is 5.23. The number of nitrogen functional groups attached to an aromatic ring is 1. The van der Waals surface area contributed by atoms with E-state index in [-0.39, 0.29) is 16.8 Å². The molecular formula is C13H15FN2O2. The summed E-state index contributed by atoms with van der Waals surface area (Å²) in [4.78, 5) is 14.8. The van der Waals surface area contributed by atoms with E-state index < -0.39 is 17.4 Å². The standard InChI is InChI=1S/C13H15FN2O2/c1-13(2,3)18-12(17)10-9-7(14)5-4-6-8(9)16-11(10)15/h4-6,16H,15H2,1-3H3. The van der Waals surface area contributed by atoms with Crippen LogP contribution in [0.1, 0.15) is 31.1 Å². The Balaban J connectivity index is 2.57. The molecule has 18 heavy (non-hydrogen) atoms. The number of carbonyl (C=O) groups excluding carboxylic acids is 1. The first kappa shape index (κ1) is 12.4. The van der Waals surface area contributed by atoms with E-state index in [0.717, 1.165) is 0 Å². The number of aromatic amines is 1. The molecule has 1 heterocycles. The average Bonchev–Trinajstić information content (AvgIpc) is 2.53. The van der Waals surface area contributed by atoms with Crippen LogP contribution >= 0.6 is 0 Å². The van der Waals surface area contributed by atoms with E-state index in [1.54, 1.807) is 32.9 Å². The third-order valence-electron chi connectivity index (χ3n) is 2.41. The third-order valence-corrected chi connectivity index (χ3v) is 2.41. The minimum atomic E-state index is -0.654. The predicted molar refractivity (Wildman–Crippen MR) is 67.8 cm³/mol. The Morgan fingerprint density at radius 1 is 1.39 bits per heavy atom. The Kier molecular flexibility index (Phi) is 2.77. The smallest absolute Gasteiger partial charge is 0.343 e. The molecule has 0 spiro atoms. The maximum absolute atomic E-state index is 13.8. The number of fused-ring (bicyclic) bond motifs is 1. The fourth-order valence-electron chi connectivity index (χ4n) is 1.77. The van der Waals surface area contributed by atoms with E-state index in [1.807, 2.05) is 0 Å². The molecule has 0 aliphatic rings. The second-order valence-corrected chi connectivity index (χ2v) is 5.08. The molecule has 0 aliphatic heterocycles. The summed E-state index contributed by atoms with van der Waals surface area (Å²) in [5.41, 5.74) is 5.60. The normalized spacial score (nSPS) is 11.8. The summed E-state index contributed by atoms with van der Waals surface area (Å²) in [5, 5.41) is 0.171. The molecule has 1 aromatic carbocycles. The van der Waals surface area contributed by atoms with Crippen molar-refractivity contribution in [3.05, 3.63) is 29.6 Å². The van der Waals surface area contributed by atoms with Gasteiger partial charge in [-0.25, -0.2) is 9.18 Å². The van der Waals surface area contributed by atoms with Gasteiger partial charge < -0.3 is 15.5 Å². The van der Waals surface area contributed by atoms with Crippen LogP contribution in [-0.2, 0) is 4.74 Å². The highest BCUT2D eigenvalue weighted by Gasteiger charge is 2.25. The number of carbonyl (C=O) groups is 1. The summed E-state index contributed by atoms with van der Waals surface area (Å²) in [5.74, 6) is -1.01. The Labute approximate surface area is 104 Å². The lowest BCUT2D eigenvalue weighted by Crippen LogP contribution is -2.24. The van der Waals surface area contributed by atoms with E-state index >= 15 is 0 Å². The zero-order chi connectivity index (χ0) is 13.5. The molecule has 0 fully saturated rings. The van der Waals surface area contributed by atoms with Gasteiger partial charge in [0.05, 0.1) is 10.9 Å². The van der Waals surface area contributed by atoms with Crippen molar-refractivity contribution in [2.24, 2.45) is 0 Å². The first-order valence-electron chi connectivity index (χ1n) is 5.58. The van der Waals surface area contributed by atoms with Gasteiger partial charge in [0.2, 0.25) is 0 Å². The molecule has 2 rings (SSSR count). The van der Waals surface area contributed by atoms with Crippen molar-refractivity contribution in [1.82, 2.24) is 4.98 Å². The number of aromatic nitrogens is 1. The van der Waals surface area contributed by atoms with Crippen LogP contribution in [0, 0.1) is 5.82 Å². The molecule has 4 nitrogen and oxygen atoms in total. The van der Waals surface area contributed by atoms with Crippen LogP contribution < -0.4 is 5.73 Å². The second kappa shape index (κ2) is 4.01. The van der Waals surface area contributed by atoms with Gasteiger partial charge in [-0.3, -0.25) is 0 Å². The Morgan fingerprint density at radius 2 is 2.06 bits per heavy atom. The summed E-state index contributed by atoms with van der Waals surface area (Å²) in [7, 11) is 0. The number of esters is 1. The van der Waals surface area contributed by atoms with Gasteiger partial charge in [0.1, 0.15) is 22.8 Å². The van der Waals surface area contributed by atoms with Crippen molar-refractivity contribution in [2.75, 3.05) is 5.73 Å². The first-order valence-corrected chi connectivity index (χ1v) is 5.58. The number of H-pyrrole nitrogens is 1. The number of hydrogen-bond donors (Lipinski definition) is 2. The van der Waals surface area contributed by atoms with Crippen LogP contribution in [0.5, 0.6) is 0 Å². The van der Waals surface area contributed by atoms with Crippen molar-refractivity contribution in [3.8, 4) is 0 Å². The Bertz CT molecular complexity index is 611. The van der Waals surface area contributed by atoms with Gasteiger partial charge >= 0.3 is 5.97 Å². The number of hydrogen-bond acceptors (Lipinski definition) is 3. The highest BCUT2D eigenvalue weighted by atomic mass is 19.1. The van der Waals surface area contributed by atoms with Gasteiger partial charge in [0.15, 0.2) is 0 Å². The van der Waals surface area contributed by atoms with E-state index in [9.17, 15) is 9.18 Å². The van der Waals surface area contributed by atoms with Gasteiger partial charge in [0.25, 0.3) is 0 Å². The predicted octanol–water partition coefficient (Wildman–Crippen LogP) is 2.84. The lowest BCUT2D eigenvalue weighted by atomic mass is 10.1. The minimum Gasteiger partial charge on any atom is -0.456 e. The number of benzene rings is 1. The SMILES string of the molecule is CC(C)(C)OC(=O)c1c(N)[nH]c2cccc(F)c12. The zero-order valence-electron chi connectivity index (χ0n) is 10.5. The number of nitrogens with two attached hydrogens (primary N) is 1. The highest BCUT2D eigenvalue weighted by Crippen LogP contribution is 2.28. The number of halogens is 1. The van der Waals surface area contributed by atoms with Crippen LogP contribution in [0.2, 0.25) is 0 Å². The first-order chi connectivity index (χ1) is 8.29. The number of rotatable bonds is 1. The summed E-state index contributed by atoms with van der Waals surface area (Å²) >= 11 is 0. The van der Waals surface area contributed by atoms with Crippen molar-refractivity contribution >= 4 is 22.7 Å². The molecule has 0 saturated heterocycles. The molecule has 0 aliphatic carbocycles. The lowest BCUT2D eigenvalue weighted by Gasteiger charge is -2.19. The number of anilines is 1. The summed E-state index contributed by atoms with van der Waals surface area (Å²) < 4.78 is 19.0. The third kappa shape index (κ3) is 2.16. The highest BCUT2D eigenvalue weighted by molar-refractivity contribution is 6.09. The molecule has 2 aromatic rings. The second-order valence-electron chi connectivity index (χ2n) is 5.08. The van der Waals surface area contributed by atoms with Gasteiger partial charge in [-0.1, -0.05) is 6.07 Å². The molecule has 96 valence electrons. The van der Waals surface area contributed by atoms with Gasteiger partial charge in [-0.15, -0.1) is 0 Å². The van der Waals surface area contributed by atoms with E-state index in [1.165, 1.54) is 6.07 Å². The Hall–Kier alpha value is -2.04. The fraction of sp³-hybridized carbons (Fsp3) is 0.308. The maximum Gasteiger partial charge on any atom is 0.343 e. The quantitative estimate of drug-likeness (QED) is 0.765. The fourth-order valence-corrected chi connectivity index (χ4v) is 1.77. The van der Waals surface area contributed by atoms with Gasteiger partial charge in [-0.2, -0.15) is 0 Å². The van der Waals surface area contributed by atoms with E-state index in [2.05, 4.69) is 4.98 Å². The molecule has 0 unspecified atom stereocenters. The molecule has 5 heteroatoms. The van der Waals surface area contributed by atoms with Crippen LogP contribution in [0.25, 0.3) is 10.9 Å². The van der Waals surface area contributed by atoms with Crippen molar-refractivity contribution in [1.29, 1.82) is 0 Å². The molecule has 3 N–H and O–H groups in total. The molecule has 0 bridgehead atoms. The van der Waals surface area contributed by atoms with Gasteiger partial charge in [-0.05, 0) is 32.9 Å². The van der Waals surface area contributed by atoms with E-state index in [4.69, 9.17) is 10.5 Å². The van der Waals surface area contributed by atoms with Crippen molar-refractivity contribution in [3.63, 3.8) is 0 Å². The zero-order valence-corrected chi connectivity index (χ0v) is 10.5. The number of nitrogens with one attached hydrogen (secondary N) is 1. The molecule has 0 radical (unpaired) electrons. The molecule has 0 saturated carbocycles. The summed E-state index contributed by atoms with van der Waals surface area (Å²) in [6, 6.07) is 4.48. The Morgan fingerprint density at radius 3 is 2.67 bits per heavy atom. The molecule has 1 aromatic heterocycles. The minimum absolute atomic E-state index is 0.0537. The van der Waals surface area contributed by atoms with Crippen LogP contribution in [0.3, 0.4) is 0 Å². The van der Waals surface area contributed by atoms with Crippen molar-refractivity contribution in [2.45, 2.75) is 26.4 Å². The topological polar surface area (TPSA) is 68.1 Å².